The highest BCUT2D eigenvalue weighted by atomic mass is 15.2. The molecule has 0 fully saturated rings. The van der Waals surface area contributed by atoms with Crippen LogP contribution in [-0.2, 0) is 0 Å². The van der Waals surface area contributed by atoms with E-state index in [1.165, 1.54) is 0 Å². The largest absolute Gasteiger partial charge is 0.373 e. The standard InChI is InChI=1S/C11H21N3.3C2H6/c1-5-7-11(6-2)14(4)9-8-13(3)10-12;3*1-2/h5-7H,1-2,8-10,12H2,3-4H3;3*1-2H3/b11-7+;;;. The van der Waals surface area contributed by atoms with Gasteiger partial charge in [0.25, 0.3) is 0 Å². The summed E-state index contributed by atoms with van der Waals surface area (Å²) in [5.74, 6) is 0. The number of rotatable bonds is 7. The van der Waals surface area contributed by atoms with E-state index >= 15 is 0 Å². The fourth-order valence-electron chi connectivity index (χ4n) is 1.01. The van der Waals surface area contributed by atoms with E-state index in [2.05, 4.69) is 23.0 Å². The van der Waals surface area contributed by atoms with Crippen LogP contribution in [-0.4, -0.2) is 43.7 Å². The van der Waals surface area contributed by atoms with Gasteiger partial charge in [-0.3, -0.25) is 4.90 Å². The van der Waals surface area contributed by atoms with Crippen molar-refractivity contribution in [1.29, 1.82) is 0 Å². The van der Waals surface area contributed by atoms with Crippen LogP contribution in [0.4, 0.5) is 0 Å². The zero-order valence-electron chi connectivity index (χ0n) is 15.2. The lowest BCUT2D eigenvalue weighted by molar-refractivity contribution is 0.295. The molecule has 0 heterocycles. The van der Waals surface area contributed by atoms with Crippen LogP contribution in [0, 0.1) is 0 Å². The molecule has 0 radical (unpaired) electrons. The SMILES string of the molecule is C=C/C=C(\C=C)N(C)CCN(C)CN.CC.CC.CC. The molecule has 0 unspecified atom stereocenters. The average Bonchev–Trinajstić information content (AvgIpc) is 2.55. The fraction of sp³-hybridized carbons (Fsp3) is 0.647. The average molecular weight is 286 g/mol. The molecule has 0 aromatic carbocycles. The van der Waals surface area contributed by atoms with Crippen molar-refractivity contribution in [3.8, 4) is 0 Å². The fourth-order valence-corrected chi connectivity index (χ4v) is 1.01. The summed E-state index contributed by atoms with van der Waals surface area (Å²) in [6.45, 7) is 21.9. The molecule has 0 aromatic heterocycles. The Hall–Kier alpha value is -1.06. The topological polar surface area (TPSA) is 32.5 Å². The summed E-state index contributed by atoms with van der Waals surface area (Å²) in [4.78, 5) is 4.19. The van der Waals surface area contributed by atoms with Gasteiger partial charge in [-0.15, -0.1) is 0 Å². The lowest BCUT2D eigenvalue weighted by Gasteiger charge is -2.23. The summed E-state index contributed by atoms with van der Waals surface area (Å²) >= 11 is 0. The molecule has 3 heteroatoms. The minimum atomic E-state index is 0.586. The van der Waals surface area contributed by atoms with Crippen LogP contribution in [0.2, 0.25) is 0 Å². The molecule has 0 amide bonds. The van der Waals surface area contributed by atoms with Crippen LogP contribution in [0.3, 0.4) is 0 Å². The number of likely N-dealkylation sites (N-methyl/N-ethyl adjacent to an activating group) is 2. The number of hydrogen-bond acceptors (Lipinski definition) is 3. The summed E-state index contributed by atoms with van der Waals surface area (Å²) in [6, 6.07) is 0. The first-order chi connectivity index (χ1) is 9.65. The van der Waals surface area contributed by atoms with Gasteiger partial charge < -0.3 is 10.6 Å². The van der Waals surface area contributed by atoms with Gasteiger partial charge in [0.2, 0.25) is 0 Å². The second kappa shape index (κ2) is 26.5. The minimum Gasteiger partial charge on any atom is -0.373 e. The Balaban J connectivity index is -0.000000187. The van der Waals surface area contributed by atoms with Gasteiger partial charge in [0, 0.05) is 32.5 Å². The molecule has 20 heavy (non-hydrogen) atoms. The van der Waals surface area contributed by atoms with Gasteiger partial charge in [0.05, 0.1) is 0 Å². The van der Waals surface area contributed by atoms with Crippen LogP contribution >= 0.6 is 0 Å². The van der Waals surface area contributed by atoms with Gasteiger partial charge >= 0.3 is 0 Å². The van der Waals surface area contributed by atoms with E-state index in [-0.39, 0.29) is 0 Å². The Bertz CT molecular complexity index is 210. The summed E-state index contributed by atoms with van der Waals surface area (Å²) in [5.41, 5.74) is 6.56. The lowest BCUT2D eigenvalue weighted by atomic mass is 10.3. The summed E-state index contributed by atoms with van der Waals surface area (Å²) in [7, 11) is 4.03. The van der Waals surface area contributed by atoms with Gasteiger partial charge in [0.1, 0.15) is 0 Å². The molecule has 0 spiro atoms. The van der Waals surface area contributed by atoms with Crippen molar-refractivity contribution < 1.29 is 0 Å². The molecule has 0 aliphatic heterocycles. The van der Waals surface area contributed by atoms with Crippen LogP contribution in [0.5, 0.6) is 0 Å². The van der Waals surface area contributed by atoms with E-state index in [0.29, 0.717) is 6.67 Å². The van der Waals surface area contributed by atoms with Gasteiger partial charge in [-0.05, 0) is 19.2 Å². The Morgan fingerprint density at radius 1 is 0.950 bits per heavy atom. The summed E-state index contributed by atoms with van der Waals surface area (Å²) in [5, 5.41) is 0. The first-order valence-electron chi connectivity index (χ1n) is 7.70. The maximum atomic E-state index is 5.48. The highest BCUT2D eigenvalue weighted by Crippen LogP contribution is 2.02. The Morgan fingerprint density at radius 2 is 1.40 bits per heavy atom. The maximum absolute atomic E-state index is 5.48. The number of nitrogens with zero attached hydrogens (tertiary/aromatic N) is 2. The molecule has 0 bridgehead atoms. The van der Waals surface area contributed by atoms with Crippen molar-refractivity contribution in [2.75, 3.05) is 33.9 Å². The van der Waals surface area contributed by atoms with Crippen molar-refractivity contribution in [1.82, 2.24) is 9.80 Å². The van der Waals surface area contributed by atoms with E-state index in [9.17, 15) is 0 Å². The van der Waals surface area contributed by atoms with E-state index in [1.807, 2.05) is 67.8 Å². The van der Waals surface area contributed by atoms with E-state index in [1.54, 1.807) is 6.08 Å². The molecule has 3 nitrogen and oxygen atoms in total. The Labute approximate surface area is 128 Å². The third kappa shape index (κ3) is 19.3. The molecule has 0 rings (SSSR count). The second-order valence-electron chi connectivity index (χ2n) is 3.22. The van der Waals surface area contributed by atoms with E-state index < -0.39 is 0 Å². The van der Waals surface area contributed by atoms with Crippen LogP contribution in [0.1, 0.15) is 41.5 Å². The van der Waals surface area contributed by atoms with E-state index in [0.717, 1.165) is 18.8 Å². The van der Waals surface area contributed by atoms with Crippen molar-refractivity contribution in [3.63, 3.8) is 0 Å². The summed E-state index contributed by atoms with van der Waals surface area (Å²) < 4.78 is 0. The molecule has 0 saturated carbocycles. The molecule has 2 N–H and O–H groups in total. The second-order valence-corrected chi connectivity index (χ2v) is 3.22. The van der Waals surface area contributed by atoms with Crippen LogP contribution < -0.4 is 5.73 Å². The molecule has 122 valence electrons. The zero-order valence-corrected chi connectivity index (χ0v) is 15.2. The van der Waals surface area contributed by atoms with Crippen LogP contribution in [0.25, 0.3) is 0 Å². The van der Waals surface area contributed by atoms with Crippen molar-refractivity contribution in [2.24, 2.45) is 5.73 Å². The Morgan fingerprint density at radius 3 is 1.70 bits per heavy atom. The smallest absolute Gasteiger partial charge is 0.0453 e. The van der Waals surface area contributed by atoms with Crippen LogP contribution in [0.15, 0.2) is 37.1 Å². The lowest BCUT2D eigenvalue weighted by Crippen LogP contribution is -2.33. The van der Waals surface area contributed by atoms with Crippen molar-refractivity contribution in [2.45, 2.75) is 41.5 Å². The third-order valence-corrected chi connectivity index (χ3v) is 2.07. The first-order valence-corrected chi connectivity index (χ1v) is 7.70. The highest BCUT2D eigenvalue weighted by molar-refractivity contribution is 5.19. The molecule has 0 atom stereocenters. The predicted octanol–water partition coefficient (Wildman–Crippen LogP) is 4.10. The molecule has 0 aromatic rings. The quantitative estimate of drug-likeness (QED) is 0.564. The highest BCUT2D eigenvalue weighted by Gasteiger charge is 2.01. The van der Waals surface area contributed by atoms with Gasteiger partial charge in [-0.1, -0.05) is 60.8 Å². The number of nitrogens with two attached hydrogens (primary N) is 1. The minimum absolute atomic E-state index is 0.586. The molecule has 0 aliphatic carbocycles. The Kier molecular flexibility index (Phi) is 36.2. The number of hydrogen-bond donors (Lipinski definition) is 1. The first kappa shape index (κ1) is 27.3. The molecular weight excluding hydrogens is 246 g/mol. The van der Waals surface area contributed by atoms with Gasteiger partial charge in [0.15, 0.2) is 0 Å². The molecule has 0 aliphatic rings. The molecule has 0 saturated heterocycles. The monoisotopic (exact) mass is 285 g/mol. The zero-order chi connectivity index (χ0) is 17.0. The van der Waals surface area contributed by atoms with E-state index in [4.69, 9.17) is 5.73 Å². The van der Waals surface area contributed by atoms with Crippen molar-refractivity contribution >= 4 is 0 Å². The third-order valence-electron chi connectivity index (χ3n) is 2.07. The number of allylic oxidation sites excluding steroid dienone is 3. The normalized spacial score (nSPS) is 9.00. The predicted molar refractivity (Wildman–Crippen MR) is 96.8 cm³/mol. The van der Waals surface area contributed by atoms with Gasteiger partial charge in [-0.25, -0.2) is 0 Å². The molecular formula is C17H39N3. The maximum Gasteiger partial charge on any atom is 0.0453 e. The van der Waals surface area contributed by atoms with Crippen molar-refractivity contribution in [3.05, 3.63) is 37.1 Å². The van der Waals surface area contributed by atoms with Gasteiger partial charge in [-0.2, -0.15) is 0 Å². The summed E-state index contributed by atoms with van der Waals surface area (Å²) in [6.07, 6.45) is 5.53.